The number of nitro groups is 1. The van der Waals surface area contributed by atoms with E-state index in [1.165, 1.54) is 24.4 Å². The largest absolute Gasteiger partial charge is 0.379 e. The van der Waals surface area contributed by atoms with Crippen molar-refractivity contribution in [2.75, 3.05) is 38.2 Å². The number of hydrogen-bond acceptors (Lipinski definition) is 6. The summed E-state index contributed by atoms with van der Waals surface area (Å²) in [5.41, 5.74) is 0.950. The molecule has 0 saturated carbocycles. The van der Waals surface area contributed by atoms with Crippen LogP contribution in [0.15, 0.2) is 42.6 Å². The zero-order valence-electron chi connectivity index (χ0n) is 13.6. The predicted octanol–water partition coefficient (Wildman–Crippen LogP) is 2.61. The molecular formula is C17H19FN4O3. The number of ether oxygens (including phenoxy) is 1. The first-order valence-corrected chi connectivity index (χ1v) is 8.05. The molecule has 3 rings (SSSR count). The van der Waals surface area contributed by atoms with Crippen LogP contribution in [0.1, 0.15) is 11.6 Å². The van der Waals surface area contributed by atoms with Crippen LogP contribution in [0, 0.1) is 15.9 Å². The molecule has 0 bridgehead atoms. The Labute approximate surface area is 144 Å². The van der Waals surface area contributed by atoms with Crippen molar-refractivity contribution in [3.63, 3.8) is 0 Å². The van der Waals surface area contributed by atoms with Gasteiger partial charge in [-0.05, 0) is 23.8 Å². The summed E-state index contributed by atoms with van der Waals surface area (Å²) in [6.07, 6.45) is 1.23. The van der Waals surface area contributed by atoms with Gasteiger partial charge in [-0.2, -0.15) is 0 Å². The van der Waals surface area contributed by atoms with Crippen LogP contribution in [-0.2, 0) is 4.74 Å². The predicted molar refractivity (Wildman–Crippen MR) is 90.9 cm³/mol. The van der Waals surface area contributed by atoms with Gasteiger partial charge in [-0.25, -0.2) is 9.37 Å². The van der Waals surface area contributed by atoms with Crippen LogP contribution >= 0.6 is 0 Å². The lowest BCUT2D eigenvalue weighted by Gasteiger charge is -2.35. The normalized spacial score (nSPS) is 16.4. The summed E-state index contributed by atoms with van der Waals surface area (Å²) < 4.78 is 18.6. The summed E-state index contributed by atoms with van der Waals surface area (Å²) in [5.74, 6) is 0.292. The van der Waals surface area contributed by atoms with Gasteiger partial charge in [-0.1, -0.05) is 12.1 Å². The van der Waals surface area contributed by atoms with E-state index in [1.807, 2.05) is 0 Å². The minimum Gasteiger partial charge on any atom is -0.379 e. The number of rotatable bonds is 6. The highest BCUT2D eigenvalue weighted by Crippen LogP contribution is 2.23. The highest BCUT2D eigenvalue weighted by Gasteiger charge is 2.22. The van der Waals surface area contributed by atoms with E-state index < -0.39 is 4.92 Å². The molecule has 1 saturated heterocycles. The summed E-state index contributed by atoms with van der Waals surface area (Å²) >= 11 is 0. The maximum Gasteiger partial charge on any atom is 0.287 e. The van der Waals surface area contributed by atoms with E-state index >= 15 is 0 Å². The summed E-state index contributed by atoms with van der Waals surface area (Å²) in [7, 11) is 0. The number of halogens is 1. The van der Waals surface area contributed by atoms with Crippen molar-refractivity contribution < 1.29 is 14.1 Å². The minimum absolute atomic E-state index is 0.0292. The number of hydrogen-bond donors (Lipinski definition) is 1. The van der Waals surface area contributed by atoms with Gasteiger partial charge in [-0.15, -0.1) is 0 Å². The molecule has 1 aliphatic rings. The number of aromatic nitrogens is 1. The molecule has 2 aromatic rings. The molecule has 8 heteroatoms. The molecule has 25 heavy (non-hydrogen) atoms. The number of morpholine rings is 1. The molecule has 0 amide bonds. The van der Waals surface area contributed by atoms with Crippen molar-refractivity contribution in [1.82, 2.24) is 9.88 Å². The molecule has 1 atom stereocenters. The Balaban J connectivity index is 1.72. The zero-order chi connectivity index (χ0) is 17.6. The van der Waals surface area contributed by atoms with Gasteiger partial charge in [0.05, 0.1) is 24.2 Å². The SMILES string of the molecule is O=[N+]([O-])c1ccc(NC[C@H](c2ccc(F)cc2)N2CCOCC2)nc1. The second-order valence-electron chi connectivity index (χ2n) is 5.76. The summed E-state index contributed by atoms with van der Waals surface area (Å²) in [5, 5.41) is 13.9. The molecule has 0 spiro atoms. The fourth-order valence-corrected chi connectivity index (χ4v) is 2.83. The zero-order valence-corrected chi connectivity index (χ0v) is 13.6. The lowest BCUT2D eigenvalue weighted by atomic mass is 10.0. The molecule has 0 aliphatic carbocycles. The topological polar surface area (TPSA) is 80.5 Å². The van der Waals surface area contributed by atoms with Crippen LogP contribution < -0.4 is 5.32 Å². The van der Waals surface area contributed by atoms with E-state index in [0.717, 1.165) is 18.7 Å². The standard InChI is InChI=1S/C17H19FN4O3/c18-14-3-1-13(2-4-14)16(21-7-9-25-10-8-21)12-20-17-6-5-15(11-19-17)22(23)24/h1-6,11,16H,7-10,12H2,(H,19,20)/t16-/m1/s1. The average molecular weight is 346 g/mol. The Bertz CT molecular complexity index is 703. The van der Waals surface area contributed by atoms with Crippen LogP contribution in [0.25, 0.3) is 0 Å². The molecule has 0 radical (unpaired) electrons. The maximum absolute atomic E-state index is 13.2. The fourth-order valence-electron chi connectivity index (χ4n) is 2.83. The Morgan fingerprint density at radius 2 is 1.96 bits per heavy atom. The first kappa shape index (κ1) is 17.2. The second kappa shape index (κ2) is 8.00. The van der Waals surface area contributed by atoms with Gasteiger partial charge in [0.1, 0.15) is 17.8 Å². The van der Waals surface area contributed by atoms with Gasteiger partial charge in [0.2, 0.25) is 0 Å². The molecule has 1 aromatic heterocycles. The Morgan fingerprint density at radius 3 is 2.56 bits per heavy atom. The number of anilines is 1. The molecule has 7 nitrogen and oxygen atoms in total. The summed E-state index contributed by atoms with van der Waals surface area (Å²) in [4.78, 5) is 16.6. The number of pyridine rings is 1. The van der Waals surface area contributed by atoms with E-state index in [1.54, 1.807) is 18.2 Å². The van der Waals surface area contributed by atoms with Gasteiger partial charge in [0.25, 0.3) is 5.69 Å². The smallest absolute Gasteiger partial charge is 0.287 e. The first-order valence-electron chi connectivity index (χ1n) is 8.05. The van der Waals surface area contributed by atoms with Crippen molar-refractivity contribution in [3.05, 3.63) is 64.1 Å². The molecule has 1 aromatic carbocycles. The Hall–Kier alpha value is -2.58. The van der Waals surface area contributed by atoms with Gasteiger partial charge < -0.3 is 10.1 Å². The lowest BCUT2D eigenvalue weighted by molar-refractivity contribution is -0.385. The quantitative estimate of drug-likeness (QED) is 0.640. The van der Waals surface area contributed by atoms with Crippen LogP contribution in [-0.4, -0.2) is 47.7 Å². The van der Waals surface area contributed by atoms with E-state index in [4.69, 9.17) is 4.74 Å². The first-order chi connectivity index (χ1) is 12.1. The second-order valence-corrected chi connectivity index (χ2v) is 5.76. The highest BCUT2D eigenvalue weighted by atomic mass is 19.1. The molecule has 1 fully saturated rings. The van der Waals surface area contributed by atoms with Crippen LogP contribution in [0.2, 0.25) is 0 Å². The van der Waals surface area contributed by atoms with E-state index in [2.05, 4.69) is 15.2 Å². The van der Waals surface area contributed by atoms with E-state index in [0.29, 0.717) is 25.6 Å². The van der Waals surface area contributed by atoms with Gasteiger partial charge >= 0.3 is 0 Å². The lowest BCUT2D eigenvalue weighted by Crippen LogP contribution is -2.41. The number of nitrogens with one attached hydrogen (secondary N) is 1. The van der Waals surface area contributed by atoms with Crippen molar-refractivity contribution in [1.29, 1.82) is 0 Å². The number of nitrogens with zero attached hydrogens (tertiary/aromatic N) is 3. The fraction of sp³-hybridized carbons (Fsp3) is 0.353. The highest BCUT2D eigenvalue weighted by molar-refractivity contribution is 5.40. The van der Waals surface area contributed by atoms with Gasteiger partial charge in [0.15, 0.2) is 0 Å². The Kier molecular flexibility index (Phi) is 5.52. The molecule has 1 aliphatic heterocycles. The van der Waals surface area contributed by atoms with Crippen LogP contribution in [0.5, 0.6) is 0 Å². The van der Waals surface area contributed by atoms with Crippen molar-refractivity contribution >= 4 is 11.5 Å². The monoisotopic (exact) mass is 346 g/mol. The van der Waals surface area contributed by atoms with Gasteiger partial charge in [0, 0.05) is 25.7 Å². The molecule has 132 valence electrons. The summed E-state index contributed by atoms with van der Waals surface area (Å²) in [6, 6.07) is 9.48. The van der Waals surface area contributed by atoms with Crippen molar-refractivity contribution in [2.24, 2.45) is 0 Å². The summed E-state index contributed by atoms with van der Waals surface area (Å²) in [6.45, 7) is 3.45. The average Bonchev–Trinajstić information content (AvgIpc) is 2.64. The Morgan fingerprint density at radius 1 is 1.24 bits per heavy atom. The molecule has 0 unspecified atom stereocenters. The van der Waals surface area contributed by atoms with E-state index in [-0.39, 0.29) is 17.5 Å². The van der Waals surface area contributed by atoms with Crippen molar-refractivity contribution in [3.8, 4) is 0 Å². The maximum atomic E-state index is 13.2. The van der Waals surface area contributed by atoms with Crippen molar-refractivity contribution in [2.45, 2.75) is 6.04 Å². The molecule has 2 heterocycles. The number of benzene rings is 1. The van der Waals surface area contributed by atoms with Crippen LogP contribution in [0.4, 0.5) is 15.9 Å². The van der Waals surface area contributed by atoms with Crippen LogP contribution in [0.3, 0.4) is 0 Å². The molecular weight excluding hydrogens is 327 g/mol. The van der Waals surface area contributed by atoms with E-state index in [9.17, 15) is 14.5 Å². The third-order valence-corrected chi connectivity index (χ3v) is 4.18. The third-order valence-electron chi connectivity index (χ3n) is 4.18. The minimum atomic E-state index is -0.480. The molecule has 1 N–H and O–H groups in total. The van der Waals surface area contributed by atoms with Gasteiger partial charge in [-0.3, -0.25) is 15.0 Å². The third kappa shape index (κ3) is 4.49.